The van der Waals surface area contributed by atoms with Crippen LogP contribution in [0.25, 0.3) is 10.6 Å². The van der Waals surface area contributed by atoms with Crippen molar-refractivity contribution >= 4 is 17.3 Å². The Morgan fingerprint density at radius 2 is 1.91 bits per heavy atom. The molecule has 116 valence electrons. The highest BCUT2D eigenvalue weighted by Crippen LogP contribution is 2.24. The monoisotopic (exact) mass is 325 g/mol. The second-order valence-corrected chi connectivity index (χ2v) is 5.99. The van der Waals surface area contributed by atoms with Crippen LogP contribution in [0.4, 0.5) is 0 Å². The number of hydrogen-bond acceptors (Lipinski definition) is 6. The first-order chi connectivity index (χ1) is 11.1. The van der Waals surface area contributed by atoms with Gasteiger partial charge in [0.25, 0.3) is 0 Å². The highest BCUT2D eigenvalue weighted by atomic mass is 32.1. The van der Waals surface area contributed by atoms with E-state index in [2.05, 4.69) is 15.0 Å². The lowest BCUT2D eigenvalue weighted by molar-refractivity contribution is 0.0461. The predicted octanol–water partition coefficient (Wildman–Crippen LogP) is 3.57. The molecule has 0 saturated carbocycles. The van der Waals surface area contributed by atoms with Gasteiger partial charge in [-0.1, -0.05) is 29.8 Å². The van der Waals surface area contributed by atoms with Crippen molar-refractivity contribution < 1.29 is 9.53 Å². The Morgan fingerprint density at radius 1 is 1.13 bits per heavy atom. The van der Waals surface area contributed by atoms with Crippen molar-refractivity contribution in [1.29, 1.82) is 0 Å². The smallest absolute Gasteiger partial charge is 0.358 e. The fraction of sp³-hybridized carbons (Fsp3) is 0.176. The SMILES string of the molecule is Cc1ccc(-c2nc(COC(=O)c3cnc(C)cn3)cs2)cc1. The predicted molar refractivity (Wildman–Crippen MR) is 88.2 cm³/mol. The molecule has 2 aromatic heterocycles. The maximum Gasteiger partial charge on any atom is 0.358 e. The highest BCUT2D eigenvalue weighted by molar-refractivity contribution is 7.13. The van der Waals surface area contributed by atoms with E-state index >= 15 is 0 Å². The Bertz CT molecular complexity index is 811. The summed E-state index contributed by atoms with van der Waals surface area (Å²) in [6.07, 6.45) is 2.95. The number of aryl methyl sites for hydroxylation is 2. The average Bonchev–Trinajstić information content (AvgIpc) is 3.03. The van der Waals surface area contributed by atoms with Gasteiger partial charge in [-0.05, 0) is 13.8 Å². The minimum atomic E-state index is -0.498. The number of aromatic nitrogens is 3. The van der Waals surface area contributed by atoms with Crippen LogP contribution in [0.3, 0.4) is 0 Å². The van der Waals surface area contributed by atoms with Gasteiger partial charge in [-0.25, -0.2) is 14.8 Å². The standard InChI is InChI=1S/C17H15N3O2S/c1-11-3-5-13(6-4-11)16-20-14(10-23-16)9-22-17(21)15-8-18-12(2)7-19-15/h3-8,10H,9H2,1-2H3. The minimum Gasteiger partial charge on any atom is -0.454 e. The van der Waals surface area contributed by atoms with Crippen LogP contribution >= 0.6 is 11.3 Å². The number of carbonyl (C=O) groups is 1. The summed E-state index contributed by atoms with van der Waals surface area (Å²) in [6.45, 7) is 3.98. The van der Waals surface area contributed by atoms with Crippen LogP contribution in [0.5, 0.6) is 0 Å². The fourth-order valence-electron chi connectivity index (χ4n) is 1.91. The number of hydrogen-bond donors (Lipinski definition) is 0. The molecule has 3 aromatic rings. The summed E-state index contributed by atoms with van der Waals surface area (Å²) in [5, 5.41) is 2.80. The van der Waals surface area contributed by atoms with Gasteiger partial charge < -0.3 is 4.74 Å². The zero-order valence-electron chi connectivity index (χ0n) is 12.8. The lowest BCUT2D eigenvalue weighted by atomic mass is 10.2. The van der Waals surface area contributed by atoms with Crippen molar-refractivity contribution in [3.8, 4) is 10.6 Å². The van der Waals surface area contributed by atoms with Gasteiger partial charge in [0.15, 0.2) is 5.69 Å². The van der Waals surface area contributed by atoms with E-state index in [1.54, 1.807) is 0 Å². The third kappa shape index (κ3) is 3.78. The van der Waals surface area contributed by atoms with Gasteiger partial charge >= 0.3 is 5.97 Å². The molecule has 1 aromatic carbocycles. The molecule has 0 spiro atoms. The molecule has 0 aliphatic carbocycles. The van der Waals surface area contributed by atoms with Crippen LogP contribution in [0, 0.1) is 13.8 Å². The van der Waals surface area contributed by atoms with E-state index in [0.717, 1.165) is 22.0 Å². The molecule has 23 heavy (non-hydrogen) atoms. The summed E-state index contributed by atoms with van der Waals surface area (Å²) < 4.78 is 5.23. The zero-order valence-corrected chi connectivity index (χ0v) is 13.6. The molecule has 5 nitrogen and oxygen atoms in total. The number of carbonyl (C=O) groups excluding carboxylic acids is 1. The third-order valence-corrected chi connectivity index (χ3v) is 4.13. The first-order valence-corrected chi connectivity index (χ1v) is 7.97. The molecule has 0 aliphatic rings. The van der Waals surface area contributed by atoms with Crippen LogP contribution in [0.2, 0.25) is 0 Å². The van der Waals surface area contributed by atoms with Gasteiger partial charge in [-0.3, -0.25) is 4.98 Å². The van der Waals surface area contributed by atoms with E-state index in [4.69, 9.17) is 4.74 Å². The second-order valence-electron chi connectivity index (χ2n) is 5.13. The highest BCUT2D eigenvalue weighted by Gasteiger charge is 2.11. The quantitative estimate of drug-likeness (QED) is 0.686. The van der Waals surface area contributed by atoms with E-state index in [-0.39, 0.29) is 12.3 Å². The van der Waals surface area contributed by atoms with Gasteiger partial charge in [0.2, 0.25) is 0 Å². The topological polar surface area (TPSA) is 65.0 Å². The van der Waals surface area contributed by atoms with E-state index in [9.17, 15) is 4.79 Å². The Balaban J connectivity index is 1.64. The van der Waals surface area contributed by atoms with Crippen LogP contribution in [0.1, 0.15) is 27.4 Å². The Labute approximate surface area is 138 Å². The van der Waals surface area contributed by atoms with Crippen molar-refractivity contribution in [1.82, 2.24) is 15.0 Å². The van der Waals surface area contributed by atoms with E-state index in [1.165, 1.54) is 29.3 Å². The first-order valence-electron chi connectivity index (χ1n) is 7.09. The molecule has 0 unspecified atom stereocenters. The second kappa shape index (κ2) is 6.66. The molecule has 0 bridgehead atoms. The fourth-order valence-corrected chi connectivity index (χ4v) is 2.72. The molecule has 0 atom stereocenters. The van der Waals surface area contributed by atoms with Crippen LogP contribution in [0.15, 0.2) is 42.0 Å². The van der Waals surface area contributed by atoms with Gasteiger partial charge in [-0.15, -0.1) is 11.3 Å². The Hall–Kier alpha value is -2.60. The number of thiazole rings is 1. The molecule has 0 saturated heterocycles. The van der Waals surface area contributed by atoms with E-state index in [1.807, 2.05) is 43.5 Å². The van der Waals surface area contributed by atoms with Crippen molar-refractivity contribution in [3.05, 3.63) is 64.7 Å². The van der Waals surface area contributed by atoms with Crippen molar-refractivity contribution in [2.75, 3.05) is 0 Å². The van der Waals surface area contributed by atoms with Crippen LogP contribution < -0.4 is 0 Å². The summed E-state index contributed by atoms with van der Waals surface area (Å²) in [6, 6.07) is 8.16. The number of ether oxygens (including phenoxy) is 1. The lowest BCUT2D eigenvalue weighted by Crippen LogP contribution is -2.08. The first kappa shape index (κ1) is 15.3. The van der Waals surface area contributed by atoms with Crippen molar-refractivity contribution in [2.24, 2.45) is 0 Å². The number of esters is 1. The van der Waals surface area contributed by atoms with Crippen LogP contribution in [-0.4, -0.2) is 20.9 Å². The summed E-state index contributed by atoms with van der Waals surface area (Å²) >= 11 is 1.53. The summed E-state index contributed by atoms with van der Waals surface area (Å²) in [4.78, 5) is 24.4. The largest absolute Gasteiger partial charge is 0.454 e. The Kier molecular flexibility index (Phi) is 4.43. The molecule has 0 N–H and O–H groups in total. The maximum atomic E-state index is 11.9. The normalized spacial score (nSPS) is 10.5. The molecule has 0 radical (unpaired) electrons. The molecule has 3 rings (SSSR count). The Morgan fingerprint density at radius 3 is 2.61 bits per heavy atom. The lowest BCUT2D eigenvalue weighted by Gasteiger charge is -2.02. The van der Waals surface area contributed by atoms with Crippen LogP contribution in [-0.2, 0) is 11.3 Å². The minimum absolute atomic E-state index is 0.122. The van der Waals surface area contributed by atoms with Gasteiger partial charge in [0, 0.05) is 17.1 Å². The zero-order chi connectivity index (χ0) is 16.2. The maximum absolute atomic E-state index is 11.9. The van der Waals surface area contributed by atoms with Gasteiger partial charge in [-0.2, -0.15) is 0 Å². The van der Waals surface area contributed by atoms with Crippen molar-refractivity contribution in [2.45, 2.75) is 20.5 Å². The molecule has 0 amide bonds. The van der Waals surface area contributed by atoms with Crippen molar-refractivity contribution in [3.63, 3.8) is 0 Å². The molecular formula is C17H15N3O2S. The summed E-state index contributed by atoms with van der Waals surface area (Å²) in [5.74, 6) is -0.498. The average molecular weight is 325 g/mol. The number of benzene rings is 1. The summed E-state index contributed by atoms with van der Waals surface area (Å²) in [5.41, 5.74) is 3.94. The molecule has 6 heteroatoms. The number of rotatable bonds is 4. The third-order valence-electron chi connectivity index (χ3n) is 3.19. The van der Waals surface area contributed by atoms with E-state index in [0.29, 0.717) is 0 Å². The molecule has 0 fully saturated rings. The molecule has 0 aliphatic heterocycles. The summed E-state index contributed by atoms with van der Waals surface area (Å²) in [7, 11) is 0. The van der Waals surface area contributed by atoms with Gasteiger partial charge in [0.1, 0.15) is 11.6 Å². The molecular weight excluding hydrogens is 310 g/mol. The van der Waals surface area contributed by atoms with Gasteiger partial charge in [0.05, 0.1) is 17.6 Å². The molecule has 2 heterocycles. The number of nitrogens with zero attached hydrogens (tertiary/aromatic N) is 3. The van der Waals surface area contributed by atoms with E-state index < -0.39 is 5.97 Å².